The summed E-state index contributed by atoms with van der Waals surface area (Å²) >= 11 is 17.8. The van der Waals surface area contributed by atoms with E-state index in [2.05, 4.69) is 53.2 Å². The molecule has 32 heavy (non-hydrogen) atoms. The molecule has 8 heteroatoms. The van der Waals surface area contributed by atoms with Crippen molar-refractivity contribution in [2.24, 2.45) is 0 Å². The second-order valence-corrected chi connectivity index (χ2v) is 8.82. The molecule has 0 aliphatic rings. The minimum Gasteiger partial charge on any atom is -0.385 e. The van der Waals surface area contributed by atoms with Crippen LogP contribution in [-0.4, -0.2) is 41.0 Å². The van der Waals surface area contributed by atoms with E-state index in [0.717, 1.165) is 67.1 Å². The van der Waals surface area contributed by atoms with Crippen LogP contribution >= 0.6 is 35.8 Å². The minimum atomic E-state index is 0.190. The zero-order valence-electron chi connectivity index (χ0n) is 19.3. The Bertz CT molecular complexity index is 987. The van der Waals surface area contributed by atoms with Crippen molar-refractivity contribution in [3.8, 4) is 11.3 Å². The first kappa shape index (κ1) is 26.5. The fourth-order valence-electron chi connectivity index (χ4n) is 3.51. The quantitative estimate of drug-likeness (QED) is 0.264. The van der Waals surface area contributed by atoms with Crippen LogP contribution in [0.5, 0.6) is 0 Å². The number of nitrogen functional groups attached to an aromatic ring is 1. The highest BCUT2D eigenvalue weighted by Crippen LogP contribution is 2.36. The van der Waals surface area contributed by atoms with E-state index in [1.807, 2.05) is 26.0 Å². The Kier molecular flexibility index (Phi) is 10.4. The maximum Gasteiger partial charge on any atom is 0.220 e. The number of thiol groups is 1. The number of rotatable bonds is 11. The zero-order valence-corrected chi connectivity index (χ0v) is 21.7. The molecule has 0 unspecified atom stereocenters. The first-order chi connectivity index (χ1) is 15.2. The monoisotopic (exact) mass is 493 g/mol. The van der Waals surface area contributed by atoms with Crippen LogP contribution in [0.2, 0.25) is 10.0 Å². The van der Waals surface area contributed by atoms with Gasteiger partial charge in [0.2, 0.25) is 5.95 Å². The van der Waals surface area contributed by atoms with E-state index in [1.54, 1.807) is 6.07 Å². The van der Waals surface area contributed by atoms with E-state index in [0.29, 0.717) is 20.6 Å². The molecule has 1 aromatic carbocycles. The molecular formula is C24H33Cl2N5S. The topological polar surface area (TPSA) is 67.1 Å². The molecule has 2 aromatic rings. The number of hydrogen-bond acceptors (Lipinski definition) is 6. The smallest absolute Gasteiger partial charge is 0.220 e. The second kappa shape index (κ2) is 12.5. The van der Waals surface area contributed by atoms with Crippen LogP contribution in [0.25, 0.3) is 17.3 Å². The summed E-state index contributed by atoms with van der Waals surface area (Å²) in [5.74, 6) is 0.190. The molecular weight excluding hydrogens is 461 g/mol. The van der Waals surface area contributed by atoms with Gasteiger partial charge in [0, 0.05) is 33.3 Å². The van der Waals surface area contributed by atoms with E-state index in [4.69, 9.17) is 28.9 Å². The molecule has 0 bridgehead atoms. The van der Waals surface area contributed by atoms with Crippen LogP contribution in [0.3, 0.4) is 0 Å². The van der Waals surface area contributed by atoms with Crippen molar-refractivity contribution >= 4 is 47.9 Å². The Balaban J connectivity index is 2.50. The summed E-state index contributed by atoms with van der Waals surface area (Å²) in [6, 6.07) is 3.80. The van der Waals surface area contributed by atoms with Crippen molar-refractivity contribution in [3.05, 3.63) is 56.2 Å². The molecule has 0 atom stereocenters. The molecule has 0 radical (unpaired) electrons. The van der Waals surface area contributed by atoms with Gasteiger partial charge in [0.05, 0.1) is 16.4 Å². The van der Waals surface area contributed by atoms with Crippen molar-refractivity contribution in [1.82, 2.24) is 20.2 Å². The fraction of sp³-hybridized carbons (Fsp3) is 0.417. The SMILES string of the molecule is C=C(NCC)/C(S)=C/c1c(C)nc(N)nc1-c1cc(CCCN(CC)CC)c(Cl)cc1Cl. The first-order valence-electron chi connectivity index (χ1n) is 10.9. The van der Waals surface area contributed by atoms with Crippen molar-refractivity contribution in [1.29, 1.82) is 0 Å². The predicted octanol–water partition coefficient (Wildman–Crippen LogP) is 6.01. The van der Waals surface area contributed by atoms with Crippen LogP contribution in [0, 0.1) is 6.92 Å². The van der Waals surface area contributed by atoms with Gasteiger partial charge in [-0.1, -0.05) is 43.6 Å². The fourth-order valence-corrected chi connectivity index (χ4v) is 4.28. The van der Waals surface area contributed by atoms with Gasteiger partial charge in [-0.05, 0) is 70.1 Å². The summed E-state index contributed by atoms with van der Waals surface area (Å²) in [7, 11) is 0. The maximum atomic E-state index is 6.63. The lowest BCUT2D eigenvalue weighted by molar-refractivity contribution is 0.300. The summed E-state index contributed by atoms with van der Waals surface area (Å²) in [5.41, 5.74) is 10.7. The van der Waals surface area contributed by atoms with Gasteiger partial charge < -0.3 is 16.0 Å². The van der Waals surface area contributed by atoms with Crippen LogP contribution in [0.1, 0.15) is 44.0 Å². The number of benzene rings is 1. The molecule has 5 nitrogen and oxygen atoms in total. The third kappa shape index (κ3) is 6.88. The number of aryl methyl sites for hydroxylation is 2. The molecule has 0 saturated carbocycles. The molecule has 3 N–H and O–H groups in total. The summed E-state index contributed by atoms with van der Waals surface area (Å²) in [5, 5.41) is 4.34. The van der Waals surface area contributed by atoms with Gasteiger partial charge in [-0.3, -0.25) is 0 Å². The lowest BCUT2D eigenvalue weighted by atomic mass is 9.99. The van der Waals surface area contributed by atoms with Gasteiger partial charge in [0.1, 0.15) is 0 Å². The van der Waals surface area contributed by atoms with Gasteiger partial charge in [-0.15, -0.1) is 12.6 Å². The molecule has 0 aliphatic heterocycles. The molecule has 0 fully saturated rings. The van der Waals surface area contributed by atoms with E-state index in [-0.39, 0.29) is 5.95 Å². The normalized spacial score (nSPS) is 11.8. The Hall–Kier alpha value is -1.73. The van der Waals surface area contributed by atoms with Crippen LogP contribution < -0.4 is 11.1 Å². The first-order valence-corrected chi connectivity index (χ1v) is 12.1. The van der Waals surface area contributed by atoms with Crippen LogP contribution in [0.4, 0.5) is 5.95 Å². The Morgan fingerprint density at radius 2 is 1.88 bits per heavy atom. The Morgan fingerprint density at radius 3 is 2.50 bits per heavy atom. The molecule has 1 aromatic heterocycles. The molecule has 0 spiro atoms. The number of likely N-dealkylation sites (N-methyl/N-ethyl adjacent to an activating group) is 1. The Morgan fingerprint density at radius 1 is 1.19 bits per heavy atom. The predicted molar refractivity (Wildman–Crippen MR) is 143 cm³/mol. The minimum absolute atomic E-state index is 0.190. The van der Waals surface area contributed by atoms with Crippen molar-refractivity contribution in [2.45, 2.75) is 40.5 Å². The number of anilines is 1. The summed E-state index contributed by atoms with van der Waals surface area (Å²) in [4.78, 5) is 12.0. The lowest BCUT2D eigenvalue weighted by Crippen LogP contribution is -2.24. The Labute approximate surface area is 207 Å². The van der Waals surface area contributed by atoms with Crippen LogP contribution in [-0.2, 0) is 6.42 Å². The van der Waals surface area contributed by atoms with Crippen molar-refractivity contribution in [2.75, 3.05) is 31.9 Å². The highest BCUT2D eigenvalue weighted by atomic mass is 35.5. The number of halogens is 2. The van der Waals surface area contributed by atoms with Crippen LogP contribution in [0.15, 0.2) is 29.3 Å². The van der Waals surface area contributed by atoms with E-state index in [9.17, 15) is 0 Å². The average molecular weight is 495 g/mol. The largest absolute Gasteiger partial charge is 0.385 e. The van der Waals surface area contributed by atoms with Gasteiger partial charge in [0.15, 0.2) is 0 Å². The van der Waals surface area contributed by atoms with E-state index >= 15 is 0 Å². The van der Waals surface area contributed by atoms with Crippen molar-refractivity contribution < 1.29 is 0 Å². The lowest BCUT2D eigenvalue weighted by Gasteiger charge is -2.18. The highest BCUT2D eigenvalue weighted by Gasteiger charge is 2.17. The number of nitrogens with one attached hydrogen (secondary N) is 1. The molecule has 0 aliphatic carbocycles. The van der Waals surface area contributed by atoms with Gasteiger partial charge in [-0.2, -0.15) is 0 Å². The third-order valence-corrected chi connectivity index (χ3v) is 6.40. The summed E-state index contributed by atoms with van der Waals surface area (Å²) < 4.78 is 0. The van der Waals surface area contributed by atoms with Gasteiger partial charge >= 0.3 is 0 Å². The molecule has 0 saturated heterocycles. The zero-order chi connectivity index (χ0) is 23.8. The van der Waals surface area contributed by atoms with Gasteiger partial charge in [-0.25, -0.2) is 9.97 Å². The van der Waals surface area contributed by atoms with Crippen molar-refractivity contribution in [3.63, 3.8) is 0 Å². The molecule has 1 heterocycles. The molecule has 0 amide bonds. The number of nitrogens with zero attached hydrogens (tertiary/aromatic N) is 3. The number of aromatic nitrogens is 2. The third-order valence-electron chi connectivity index (χ3n) is 5.34. The molecule has 174 valence electrons. The van der Waals surface area contributed by atoms with Gasteiger partial charge in [0.25, 0.3) is 0 Å². The molecule has 2 rings (SSSR count). The van der Waals surface area contributed by atoms with E-state index in [1.165, 1.54) is 0 Å². The summed E-state index contributed by atoms with van der Waals surface area (Å²) in [6.45, 7) is 16.1. The average Bonchev–Trinajstić information content (AvgIpc) is 2.74. The summed E-state index contributed by atoms with van der Waals surface area (Å²) in [6.07, 6.45) is 3.74. The highest BCUT2D eigenvalue weighted by molar-refractivity contribution is 7.85. The number of hydrogen-bond donors (Lipinski definition) is 3. The maximum absolute atomic E-state index is 6.63. The second-order valence-electron chi connectivity index (χ2n) is 7.52. The number of nitrogens with two attached hydrogens (primary N) is 1. The van der Waals surface area contributed by atoms with E-state index < -0.39 is 0 Å². The standard InChI is InChI=1S/C24H33Cl2N5S/c1-6-28-16(5)22(32)13-18-15(4)29-24(27)30-23(18)19-12-17(20(25)14-21(19)26)10-9-11-31(7-2)8-3/h12-14,28,32H,5-11H2,1-4H3,(H2,27,29,30)/b22-13-.